The molecule has 1 atom stereocenters. The highest BCUT2D eigenvalue weighted by Gasteiger charge is 2.15. The molecule has 0 saturated heterocycles. The van der Waals surface area contributed by atoms with Crippen LogP contribution >= 0.6 is 12.4 Å². The second-order valence-electron chi connectivity index (χ2n) is 1.80. The molecule has 5 nitrogen and oxygen atoms in total. The van der Waals surface area contributed by atoms with Crippen LogP contribution in [0.4, 0.5) is 0 Å². The summed E-state index contributed by atoms with van der Waals surface area (Å²) in [5, 5.41) is 0. The first-order chi connectivity index (χ1) is 4.57. The van der Waals surface area contributed by atoms with E-state index >= 15 is 0 Å². The average Bonchev–Trinajstić information content (AvgIpc) is 1.85. The van der Waals surface area contributed by atoms with Gasteiger partial charge >= 0.3 is 5.97 Å². The Morgan fingerprint density at radius 2 is 2.00 bits per heavy atom. The predicted molar refractivity (Wildman–Crippen MR) is 41.1 cm³/mol. The van der Waals surface area contributed by atoms with Crippen molar-refractivity contribution in [1.29, 1.82) is 0 Å². The van der Waals surface area contributed by atoms with Crippen molar-refractivity contribution in [1.82, 2.24) is 0 Å². The van der Waals surface area contributed by atoms with E-state index in [0.717, 1.165) is 0 Å². The minimum absolute atomic E-state index is 0. The summed E-state index contributed by atoms with van der Waals surface area (Å²) >= 11 is 0. The molecule has 0 rings (SSSR count). The number of hydrogen-bond donors (Lipinski definition) is 2. The number of amides is 1. The van der Waals surface area contributed by atoms with Gasteiger partial charge in [-0.05, 0) is 0 Å². The molecule has 0 spiro atoms. The van der Waals surface area contributed by atoms with Gasteiger partial charge in [-0.2, -0.15) is 0 Å². The van der Waals surface area contributed by atoms with Crippen LogP contribution in [0.1, 0.15) is 6.42 Å². The molecule has 0 aliphatic carbocycles. The summed E-state index contributed by atoms with van der Waals surface area (Å²) in [7, 11) is 1.20. The maximum absolute atomic E-state index is 10.5. The fourth-order valence-corrected chi connectivity index (χ4v) is 0.451. The fraction of sp³-hybridized carbons (Fsp3) is 0.600. The normalized spacial score (nSPS) is 11.1. The summed E-state index contributed by atoms with van der Waals surface area (Å²) in [6.45, 7) is 0. The maximum Gasteiger partial charge on any atom is 0.323 e. The molecule has 0 bridgehead atoms. The van der Waals surface area contributed by atoms with E-state index in [4.69, 9.17) is 11.5 Å². The first-order valence-corrected chi connectivity index (χ1v) is 2.69. The lowest BCUT2D eigenvalue weighted by molar-refractivity contribution is -0.143. The van der Waals surface area contributed by atoms with E-state index in [1.54, 1.807) is 0 Å². The third kappa shape index (κ3) is 5.63. The largest absolute Gasteiger partial charge is 0.468 e. The first kappa shape index (κ1) is 12.8. The van der Waals surface area contributed by atoms with Crippen molar-refractivity contribution in [3.05, 3.63) is 0 Å². The van der Waals surface area contributed by atoms with Gasteiger partial charge in [0.1, 0.15) is 6.04 Å². The Balaban J connectivity index is 0. The van der Waals surface area contributed by atoms with Crippen molar-refractivity contribution in [3.8, 4) is 0 Å². The van der Waals surface area contributed by atoms with E-state index in [-0.39, 0.29) is 18.8 Å². The van der Waals surface area contributed by atoms with Gasteiger partial charge in [-0.1, -0.05) is 0 Å². The Hall–Kier alpha value is -0.810. The molecule has 0 aromatic heterocycles. The SMILES string of the molecule is COC(=O)C(N)CC(N)=O.Cl. The number of ether oxygens (including phenoxy) is 1. The van der Waals surface area contributed by atoms with Gasteiger partial charge in [0.2, 0.25) is 5.91 Å². The summed E-state index contributed by atoms with van der Waals surface area (Å²) in [6.07, 6.45) is -0.174. The van der Waals surface area contributed by atoms with Gasteiger partial charge in [0.05, 0.1) is 13.5 Å². The molecule has 0 saturated carbocycles. The molecule has 11 heavy (non-hydrogen) atoms. The Bertz CT molecular complexity index is 151. The number of carbonyl (C=O) groups excluding carboxylic acids is 2. The van der Waals surface area contributed by atoms with Crippen LogP contribution in [0.5, 0.6) is 0 Å². The summed E-state index contributed by atoms with van der Waals surface area (Å²) in [6, 6.07) is -0.928. The lowest BCUT2D eigenvalue weighted by atomic mass is 10.2. The summed E-state index contributed by atoms with van der Waals surface area (Å²) in [4.78, 5) is 20.7. The molecular formula is C5H11ClN2O3. The maximum atomic E-state index is 10.5. The number of hydrogen-bond acceptors (Lipinski definition) is 4. The topological polar surface area (TPSA) is 95.4 Å². The minimum Gasteiger partial charge on any atom is -0.468 e. The lowest BCUT2D eigenvalue weighted by Gasteiger charge is -2.04. The zero-order chi connectivity index (χ0) is 8.15. The minimum atomic E-state index is -0.928. The first-order valence-electron chi connectivity index (χ1n) is 2.69. The molecule has 4 N–H and O–H groups in total. The third-order valence-corrected chi connectivity index (χ3v) is 0.925. The van der Waals surface area contributed by atoms with Gasteiger partial charge in [0, 0.05) is 0 Å². The van der Waals surface area contributed by atoms with Crippen LogP contribution in [-0.2, 0) is 14.3 Å². The third-order valence-electron chi connectivity index (χ3n) is 0.925. The molecule has 0 radical (unpaired) electrons. The molecule has 0 aliphatic rings. The zero-order valence-corrected chi connectivity index (χ0v) is 6.89. The highest BCUT2D eigenvalue weighted by Crippen LogP contribution is 1.88. The highest BCUT2D eigenvalue weighted by molar-refractivity contribution is 5.85. The Labute approximate surface area is 70.5 Å². The van der Waals surface area contributed by atoms with E-state index in [2.05, 4.69) is 4.74 Å². The molecule has 0 aliphatic heterocycles. The van der Waals surface area contributed by atoms with Crippen LogP contribution in [0.2, 0.25) is 0 Å². The Kier molecular flexibility index (Phi) is 6.92. The smallest absolute Gasteiger partial charge is 0.323 e. The monoisotopic (exact) mass is 182 g/mol. The highest BCUT2D eigenvalue weighted by atomic mass is 35.5. The van der Waals surface area contributed by atoms with Crippen molar-refractivity contribution in [2.75, 3.05) is 7.11 Å². The molecule has 0 aromatic carbocycles. The fourth-order valence-electron chi connectivity index (χ4n) is 0.451. The van der Waals surface area contributed by atoms with Gasteiger partial charge < -0.3 is 16.2 Å². The van der Waals surface area contributed by atoms with E-state index in [9.17, 15) is 9.59 Å². The van der Waals surface area contributed by atoms with Crippen LogP contribution in [0.25, 0.3) is 0 Å². The van der Waals surface area contributed by atoms with Crippen LogP contribution in [-0.4, -0.2) is 25.0 Å². The Morgan fingerprint density at radius 3 is 2.27 bits per heavy atom. The van der Waals surface area contributed by atoms with Crippen molar-refractivity contribution >= 4 is 24.3 Å². The molecule has 0 aromatic rings. The molecular weight excluding hydrogens is 172 g/mol. The van der Waals surface area contributed by atoms with Gasteiger partial charge in [0.25, 0.3) is 0 Å². The number of nitrogens with two attached hydrogens (primary N) is 2. The van der Waals surface area contributed by atoms with Gasteiger partial charge in [-0.15, -0.1) is 12.4 Å². The molecule has 1 unspecified atom stereocenters. The summed E-state index contributed by atoms with van der Waals surface area (Å²) in [5.74, 6) is -1.24. The predicted octanol–water partition coefficient (Wildman–Crippen LogP) is -1.22. The number of halogens is 1. The summed E-state index contributed by atoms with van der Waals surface area (Å²) < 4.78 is 4.24. The molecule has 66 valence electrons. The number of rotatable bonds is 3. The van der Waals surface area contributed by atoms with Crippen LogP contribution in [0.3, 0.4) is 0 Å². The van der Waals surface area contributed by atoms with Crippen molar-refractivity contribution in [3.63, 3.8) is 0 Å². The number of primary amides is 1. The molecule has 0 heterocycles. The van der Waals surface area contributed by atoms with E-state index in [0.29, 0.717) is 0 Å². The van der Waals surface area contributed by atoms with Crippen molar-refractivity contribution in [2.45, 2.75) is 12.5 Å². The van der Waals surface area contributed by atoms with E-state index in [1.165, 1.54) is 7.11 Å². The second-order valence-corrected chi connectivity index (χ2v) is 1.80. The van der Waals surface area contributed by atoms with Gasteiger partial charge in [-0.25, -0.2) is 0 Å². The number of esters is 1. The van der Waals surface area contributed by atoms with E-state index < -0.39 is 17.9 Å². The van der Waals surface area contributed by atoms with Crippen molar-refractivity contribution < 1.29 is 14.3 Å². The lowest BCUT2D eigenvalue weighted by Crippen LogP contribution is -2.35. The number of methoxy groups -OCH3 is 1. The standard InChI is InChI=1S/C5H10N2O3.ClH/c1-10-5(9)3(6)2-4(7)8;/h3H,2,6H2,1H3,(H2,7,8);1H. The molecule has 1 amide bonds. The Morgan fingerprint density at radius 1 is 1.55 bits per heavy atom. The zero-order valence-electron chi connectivity index (χ0n) is 6.07. The van der Waals surface area contributed by atoms with Crippen LogP contribution < -0.4 is 11.5 Å². The van der Waals surface area contributed by atoms with Crippen LogP contribution in [0.15, 0.2) is 0 Å². The second kappa shape index (κ2) is 5.94. The van der Waals surface area contributed by atoms with E-state index in [1.807, 2.05) is 0 Å². The van der Waals surface area contributed by atoms with Gasteiger partial charge in [0.15, 0.2) is 0 Å². The van der Waals surface area contributed by atoms with Crippen LogP contribution in [0, 0.1) is 0 Å². The van der Waals surface area contributed by atoms with Crippen molar-refractivity contribution in [2.24, 2.45) is 11.5 Å². The molecule has 0 fully saturated rings. The van der Waals surface area contributed by atoms with Gasteiger partial charge in [-0.3, -0.25) is 9.59 Å². The number of carbonyl (C=O) groups is 2. The quantitative estimate of drug-likeness (QED) is 0.535. The summed E-state index contributed by atoms with van der Waals surface area (Å²) in [5.41, 5.74) is 9.91. The molecule has 6 heteroatoms. The average molecular weight is 183 g/mol.